The van der Waals surface area contributed by atoms with Gasteiger partial charge < -0.3 is 19.7 Å². The molecule has 4 nitrogen and oxygen atoms in total. The zero-order valence-corrected chi connectivity index (χ0v) is 7.77. The number of aliphatic hydroxyl groups is 2. The first kappa shape index (κ1) is 12.3. The first-order valence-corrected chi connectivity index (χ1v) is 3.97. The van der Waals surface area contributed by atoms with Crippen molar-refractivity contribution in [1.29, 1.82) is 0 Å². The number of rotatable bonds is 7. The van der Waals surface area contributed by atoms with Gasteiger partial charge in [-0.15, -0.1) is 13.2 Å². The van der Waals surface area contributed by atoms with E-state index in [9.17, 15) is 5.11 Å². The van der Waals surface area contributed by atoms with Gasteiger partial charge in [0.15, 0.2) is 0 Å². The molecule has 2 N–H and O–H groups in total. The first-order valence-electron chi connectivity index (χ1n) is 3.97. The largest absolute Gasteiger partial charge is 0.385 e. The smallest absolute Gasteiger partial charge is 0.308 e. The first-order chi connectivity index (χ1) is 6.06. The van der Waals surface area contributed by atoms with Crippen LogP contribution in [-0.4, -0.2) is 35.5 Å². The van der Waals surface area contributed by atoms with E-state index >= 15 is 0 Å². The summed E-state index contributed by atoms with van der Waals surface area (Å²) in [6, 6.07) is 0. The van der Waals surface area contributed by atoms with Crippen LogP contribution >= 0.6 is 0 Å². The number of aliphatic hydroxyl groups excluding tert-OH is 1. The van der Waals surface area contributed by atoms with Crippen LogP contribution in [0.2, 0.25) is 0 Å². The quantitative estimate of drug-likeness (QED) is 0.449. The zero-order valence-electron chi connectivity index (χ0n) is 7.77. The van der Waals surface area contributed by atoms with Crippen molar-refractivity contribution in [3.05, 3.63) is 25.3 Å². The van der Waals surface area contributed by atoms with Crippen molar-refractivity contribution in [1.82, 2.24) is 0 Å². The molecular weight excluding hydrogens is 172 g/mol. The number of hydrogen-bond donors (Lipinski definition) is 2. The Morgan fingerprint density at radius 2 is 1.69 bits per heavy atom. The van der Waals surface area contributed by atoms with Crippen LogP contribution in [-0.2, 0) is 9.47 Å². The van der Waals surface area contributed by atoms with E-state index in [0.29, 0.717) is 0 Å². The van der Waals surface area contributed by atoms with Crippen LogP contribution in [0.3, 0.4) is 0 Å². The molecule has 0 aliphatic heterocycles. The highest BCUT2D eigenvalue weighted by Gasteiger charge is 2.34. The molecule has 0 bridgehead atoms. The van der Waals surface area contributed by atoms with E-state index in [4.69, 9.17) is 14.6 Å². The predicted octanol–water partition coefficient (Wildman–Crippen LogP) is 0.418. The highest BCUT2D eigenvalue weighted by molar-refractivity contribution is 4.72. The van der Waals surface area contributed by atoms with Crippen LogP contribution < -0.4 is 0 Å². The van der Waals surface area contributed by atoms with E-state index in [2.05, 4.69) is 13.2 Å². The maximum atomic E-state index is 9.56. The summed E-state index contributed by atoms with van der Waals surface area (Å²) in [6.07, 6.45) is 1.75. The van der Waals surface area contributed by atoms with Crippen molar-refractivity contribution in [3.63, 3.8) is 0 Å². The minimum Gasteiger partial charge on any atom is -0.385 e. The van der Waals surface area contributed by atoms with Crippen molar-refractivity contribution in [2.24, 2.45) is 0 Å². The van der Waals surface area contributed by atoms with E-state index < -0.39 is 12.1 Å². The maximum absolute atomic E-state index is 9.56. The molecule has 0 aromatic carbocycles. The lowest BCUT2D eigenvalue weighted by atomic mass is 10.3. The summed E-state index contributed by atoms with van der Waals surface area (Å²) >= 11 is 0. The van der Waals surface area contributed by atoms with E-state index in [1.165, 1.54) is 19.1 Å². The van der Waals surface area contributed by atoms with Gasteiger partial charge in [-0.1, -0.05) is 12.2 Å². The molecule has 0 aromatic rings. The van der Waals surface area contributed by atoms with Crippen molar-refractivity contribution in [2.75, 3.05) is 13.2 Å². The molecule has 0 spiro atoms. The van der Waals surface area contributed by atoms with E-state index in [1.54, 1.807) is 0 Å². The Balaban J connectivity index is 4.14. The normalized spacial score (nSPS) is 13.8. The maximum Gasteiger partial charge on any atom is 0.308 e. The lowest BCUT2D eigenvalue weighted by molar-refractivity contribution is -0.386. The van der Waals surface area contributed by atoms with Crippen LogP contribution in [0.15, 0.2) is 25.3 Å². The van der Waals surface area contributed by atoms with Crippen molar-refractivity contribution in [3.8, 4) is 0 Å². The third kappa shape index (κ3) is 4.19. The highest BCUT2D eigenvalue weighted by Crippen LogP contribution is 2.14. The molecular formula is C9H16O4. The molecule has 0 aliphatic rings. The van der Waals surface area contributed by atoms with Gasteiger partial charge in [-0.2, -0.15) is 0 Å². The monoisotopic (exact) mass is 188 g/mol. The average molecular weight is 188 g/mol. The van der Waals surface area contributed by atoms with Gasteiger partial charge in [0.2, 0.25) is 0 Å². The standard InChI is InChI=1S/C9H16O4/c1-4-6-12-9(11,8(3)10)13-7-5-2/h4-5,8,10-11H,1-2,6-7H2,3H3. The summed E-state index contributed by atoms with van der Waals surface area (Å²) in [5.41, 5.74) is 0. The summed E-state index contributed by atoms with van der Waals surface area (Å²) < 4.78 is 9.72. The topological polar surface area (TPSA) is 58.9 Å². The minimum absolute atomic E-state index is 0.0958. The Bertz CT molecular complexity index is 153. The van der Waals surface area contributed by atoms with Gasteiger partial charge in [0.1, 0.15) is 6.10 Å². The molecule has 0 heterocycles. The van der Waals surface area contributed by atoms with Gasteiger partial charge in [-0.3, -0.25) is 0 Å². The lowest BCUT2D eigenvalue weighted by Gasteiger charge is -2.29. The SMILES string of the molecule is C=CCOC(O)(OCC=C)C(C)O. The van der Waals surface area contributed by atoms with Crippen LogP contribution in [0.25, 0.3) is 0 Å². The fourth-order valence-corrected chi connectivity index (χ4v) is 0.640. The van der Waals surface area contributed by atoms with Crippen molar-refractivity contribution >= 4 is 0 Å². The number of hydrogen-bond acceptors (Lipinski definition) is 4. The lowest BCUT2D eigenvalue weighted by Crippen LogP contribution is -2.46. The molecule has 4 heteroatoms. The molecule has 0 saturated carbocycles. The molecule has 0 fully saturated rings. The Morgan fingerprint density at radius 1 is 1.31 bits per heavy atom. The van der Waals surface area contributed by atoms with Gasteiger partial charge in [0.05, 0.1) is 13.2 Å². The van der Waals surface area contributed by atoms with E-state index in [1.807, 2.05) is 0 Å². The van der Waals surface area contributed by atoms with Crippen LogP contribution in [0.4, 0.5) is 0 Å². The molecule has 13 heavy (non-hydrogen) atoms. The highest BCUT2D eigenvalue weighted by atomic mass is 16.8. The second-order valence-electron chi connectivity index (χ2n) is 2.51. The summed E-state index contributed by atoms with van der Waals surface area (Å²) in [7, 11) is 0. The van der Waals surface area contributed by atoms with Gasteiger partial charge in [0.25, 0.3) is 0 Å². The second kappa shape index (κ2) is 5.88. The molecule has 0 aliphatic carbocycles. The second-order valence-corrected chi connectivity index (χ2v) is 2.51. The Morgan fingerprint density at radius 3 is 1.92 bits per heavy atom. The molecule has 1 atom stereocenters. The summed E-state index contributed by atoms with van der Waals surface area (Å²) in [6.45, 7) is 8.38. The third-order valence-electron chi connectivity index (χ3n) is 1.34. The zero-order chi connectivity index (χ0) is 10.3. The molecule has 1 unspecified atom stereocenters. The Labute approximate surface area is 78.1 Å². The molecule has 0 amide bonds. The Kier molecular flexibility index (Phi) is 5.57. The fraction of sp³-hybridized carbons (Fsp3) is 0.556. The van der Waals surface area contributed by atoms with Gasteiger partial charge in [-0.25, -0.2) is 0 Å². The molecule has 0 aromatic heterocycles. The van der Waals surface area contributed by atoms with E-state index in [-0.39, 0.29) is 13.2 Å². The van der Waals surface area contributed by atoms with Crippen molar-refractivity contribution < 1.29 is 19.7 Å². The van der Waals surface area contributed by atoms with Gasteiger partial charge >= 0.3 is 5.97 Å². The van der Waals surface area contributed by atoms with Gasteiger partial charge in [-0.05, 0) is 6.92 Å². The van der Waals surface area contributed by atoms with Crippen molar-refractivity contribution in [2.45, 2.75) is 19.0 Å². The Hall–Kier alpha value is -0.680. The van der Waals surface area contributed by atoms with E-state index in [0.717, 1.165) is 0 Å². The summed E-state index contributed by atoms with van der Waals surface area (Å²) in [5.74, 6) is -1.98. The minimum atomic E-state index is -1.98. The molecule has 76 valence electrons. The molecule has 0 radical (unpaired) electrons. The third-order valence-corrected chi connectivity index (χ3v) is 1.34. The van der Waals surface area contributed by atoms with Crippen LogP contribution in [0, 0.1) is 0 Å². The predicted molar refractivity (Wildman–Crippen MR) is 48.9 cm³/mol. The van der Waals surface area contributed by atoms with Gasteiger partial charge in [0, 0.05) is 0 Å². The average Bonchev–Trinajstić information content (AvgIpc) is 2.11. The summed E-state index contributed by atoms with van der Waals surface area (Å²) in [4.78, 5) is 0. The molecule has 0 rings (SSSR count). The summed E-state index contributed by atoms with van der Waals surface area (Å²) in [5, 5.41) is 18.7. The number of ether oxygens (including phenoxy) is 2. The molecule has 0 saturated heterocycles. The van der Waals surface area contributed by atoms with Crippen LogP contribution in [0.1, 0.15) is 6.92 Å². The van der Waals surface area contributed by atoms with Crippen LogP contribution in [0.5, 0.6) is 0 Å². The fourth-order valence-electron chi connectivity index (χ4n) is 0.640.